The third-order valence-corrected chi connectivity index (χ3v) is 6.52. The van der Waals surface area contributed by atoms with Gasteiger partial charge in [0.1, 0.15) is 17.1 Å². The molecule has 1 aliphatic rings. The summed E-state index contributed by atoms with van der Waals surface area (Å²) >= 11 is 6.08. The monoisotopic (exact) mass is 513 g/mol. The molecule has 0 spiro atoms. The van der Waals surface area contributed by atoms with E-state index >= 15 is 0 Å². The van der Waals surface area contributed by atoms with Gasteiger partial charge < -0.3 is 14.7 Å². The van der Waals surface area contributed by atoms with Crippen LogP contribution in [-0.2, 0) is 0 Å². The van der Waals surface area contributed by atoms with Crippen LogP contribution in [-0.4, -0.2) is 22.6 Å². The summed E-state index contributed by atoms with van der Waals surface area (Å²) in [5.41, 5.74) is 2.68. The van der Waals surface area contributed by atoms with Gasteiger partial charge >= 0.3 is 5.97 Å². The van der Waals surface area contributed by atoms with E-state index in [1.807, 2.05) is 36.4 Å². The van der Waals surface area contributed by atoms with Gasteiger partial charge in [-0.3, -0.25) is 4.98 Å². The fourth-order valence-electron chi connectivity index (χ4n) is 4.13. The first-order valence-electron chi connectivity index (χ1n) is 11.9. The molecule has 5 rings (SSSR count). The molecule has 8 heteroatoms. The number of ether oxygens (including phenoxy) is 1. The van der Waals surface area contributed by atoms with Crippen molar-refractivity contribution in [2.75, 3.05) is 11.4 Å². The number of hydrogen-bond donors (Lipinski definition) is 1. The summed E-state index contributed by atoms with van der Waals surface area (Å²) < 4.78 is 5.75. The summed E-state index contributed by atoms with van der Waals surface area (Å²) in [7, 11) is 0. The van der Waals surface area contributed by atoms with E-state index < -0.39 is 12.0 Å². The van der Waals surface area contributed by atoms with Crippen LogP contribution in [0, 0.1) is 10.8 Å². The zero-order valence-corrected chi connectivity index (χ0v) is 20.6. The fourth-order valence-corrected chi connectivity index (χ4v) is 4.26. The van der Waals surface area contributed by atoms with E-state index in [4.69, 9.17) is 16.3 Å². The molecule has 1 atom stereocenters. The van der Waals surface area contributed by atoms with Crippen molar-refractivity contribution in [1.29, 1.82) is 0 Å². The van der Waals surface area contributed by atoms with E-state index in [9.17, 15) is 14.8 Å². The highest BCUT2D eigenvalue weighted by Crippen LogP contribution is 2.36. The zero-order valence-electron chi connectivity index (χ0n) is 19.8. The molecule has 1 aromatic heterocycles. The molecule has 0 saturated heterocycles. The lowest BCUT2D eigenvalue weighted by Crippen LogP contribution is -2.20. The number of para-hydroxylation sites is 1. The molecule has 186 valence electrons. The smallest absolute Gasteiger partial charge is 0.339 e. The molecule has 1 heterocycles. The predicted molar refractivity (Wildman–Crippen MR) is 143 cm³/mol. The Morgan fingerprint density at radius 1 is 1.03 bits per heavy atom. The SMILES string of the molecule is O=NC(c1ccc(Oc2ccccc2)c(C(=O)O)c1)c1ccc(N(CC2CC2)c2ccc(Cl)cc2)cn1. The molecule has 0 radical (unpaired) electrons. The maximum absolute atomic E-state index is 12.0. The van der Waals surface area contributed by atoms with Crippen molar-refractivity contribution in [3.63, 3.8) is 0 Å². The lowest BCUT2D eigenvalue weighted by molar-refractivity contribution is 0.0694. The standard InChI is InChI=1S/C29H24ClN3O4/c30-21-9-11-22(12-10-21)33(18-19-6-7-19)23-13-14-26(31-17-23)28(32-36)20-8-15-27(25(16-20)29(34)35)37-24-4-2-1-3-5-24/h1-5,8-17,19,28H,6-7,18H2,(H,34,35). The summed E-state index contributed by atoms with van der Waals surface area (Å²) in [5.74, 6) is 0.149. The predicted octanol–water partition coefficient (Wildman–Crippen LogP) is 7.63. The Kier molecular flexibility index (Phi) is 7.14. The van der Waals surface area contributed by atoms with Gasteiger partial charge in [0.15, 0.2) is 6.04 Å². The average molecular weight is 514 g/mol. The normalized spacial score (nSPS) is 13.5. The van der Waals surface area contributed by atoms with E-state index in [-0.39, 0.29) is 11.3 Å². The number of aromatic carboxylic acids is 1. The summed E-state index contributed by atoms with van der Waals surface area (Å²) in [6.07, 6.45) is 4.11. The molecule has 4 aromatic rings. The van der Waals surface area contributed by atoms with E-state index in [1.54, 1.807) is 42.6 Å². The second kappa shape index (κ2) is 10.8. The van der Waals surface area contributed by atoms with E-state index in [0.29, 0.717) is 27.9 Å². The third kappa shape index (κ3) is 5.78. The van der Waals surface area contributed by atoms with Gasteiger partial charge in [-0.2, -0.15) is 0 Å². The first-order valence-corrected chi connectivity index (χ1v) is 12.3. The minimum Gasteiger partial charge on any atom is -0.478 e. The lowest BCUT2D eigenvalue weighted by Gasteiger charge is -2.25. The Morgan fingerprint density at radius 2 is 1.76 bits per heavy atom. The van der Waals surface area contributed by atoms with Crippen molar-refractivity contribution in [2.45, 2.75) is 18.9 Å². The van der Waals surface area contributed by atoms with Crippen LogP contribution in [0.15, 0.2) is 96.3 Å². The van der Waals surface area contributed by atoms with Gasteiger partial charge in [-0.05, 0) is 85.0 Å². The van der Waals surface area contributed by atoms with Crippen LogP contribution in [0.4, 0.5) is 11.4 Å². The Morgan fingerprint density at radius 3 is 2.38 bits per heavy atom. The fraction of sp³-hybridized carbons (Fsp3) is 0.172. The molecule has 1 unspecified atom stereocenters. The second-order valence-electron chi connectivity index (χ2n) is 8.96. The number of carboxylic acids is 1. The van der Waals surface area contributed by atoms with E-state index in [2.05, 4.69) is 15.1 Å². The molecule has 0 bridgehead atoms. The number of anilines is 2. The van der Waals surface area contributed by atoms with Crippen LogP contribution in [0.5, 0.6) is 11.5 Å². The van der Waals surface area contributed by atoms with Gasteiger partial charge in [-0.25, -0.2) is 4.79 Å². The number of nitroso groups, excluding NO2 is 1. The highest BCUT2D eigenvalue weighted by molar-refractivity contribution is 6.30. The number of hydrogen-bond acceptors (Lipinski definition) is 6. The van der Waals surface area contributed by atoms with Gasteiger partial charge in [0.05, 0.1) is 17.6 Å². The van der Waals surface area contributed by atoms with Crippen molar-refractivity contribution >= 4 is 28.9 Å². The van der Waals surface area contributed by atoms with E-state index in [1.165, 1.54) is 25.0 Å². The van der Waals surface area contributed by atoms with Gasteiger partial charge in [0.25, 0.3) is 0 Å². The van der Waals surface area contributed by atoms with Crippen LogP contribution in [0.2, 0.25) is 5.02 Å². The highest BCUT2D eigenvalue weighted by atomic mass is 35.5. The minimum atomic E-state index is -1.17. The Hall–Kier alpha value is -4.23. The largest absolute Gasteiger partial charge is 0.478 e. The van der Waals surface area contributed by atoms with Crippen molar-refractivity contribution in [1.82, 2.24) is 4.98 Å². The topological polar surface area (TPSA) is 92.1 Å². The summed E-state index contributed by atoms with van der Waals surface area (Å²) in [4.78, 5) is 30.6. The minimum absolute atomic E-state index is 0.0648. The number of aromatic nitrogens is 1. The van der Waals surface area contributed by atoms with Crippen molar-refractivity contribution in [2.24, 2.45) is 11.1 Å². The van der Waals surface area contributed by atoms with Crippen LogP contribution in [0.1, 0.15) is 40.5 Å². The van der Waals surface area contributed by atoms with Gasteiger partial charge in [0.2, 0.25) is 0 Å². The van der Waals surface area contributed by atoms with Crippen LogP contribution in [0.3, 0.4) is 0 Å². The first kappa shape index (κ1) is 24.5. The Balaban J connectivity index is 1.42. The molecule has 1 saturated carbocycles. The van der Waals surface area contributed by atoms with Crippen molar-refractivity contribution < 1.29 is 14.6 Å². The first-order chi connectivity index (χ1) is 18.0. The summed E-state index contributed by atoms with van der Waals surface area (Å²) in [5, 5.41) is 13.7. The molecule has 0 amide bonds. The van der Waals surface area contributed by atoms with Crippen LogP contribution >= 0.6 is 11.6 Å². The number of rotatable bonds is 10. The number of nitrogens with zero attached hydrogens (tertiary/aromatic N) is 3. The van der Waals surface area contributed by atoms with Gasteiger partial charge in [-0.1, -0.05) is 41.0 Å². The lowest BCUT2D eigenvalue weighted by atomic mass is 10.0. The number of benzene rings is 3. The third-order valence-electron chi connectivity index (χ3n) is 6.26. The number of pyridine rings is 1. The number of carboxylic acid groups (broad SMARTS) is 1. The number of carbonyl (C=O) groups is 1. The summed E-state index contributed by atoms with van der Waals surface area (Å²) in [6, 6.07) is 23.8. The molecule has 1 aliphatic carbocycles. The van der Waals surface area contributed by atoms with Crippen molar-refractivity contribution in [3.8, 4) is 11.5 Å². The molecule has 0 aliphatic heterocycles. The molecule has 1 fully saturated rings. The molecule has 7 nitrogen and oxygen atoms in total. The maximum atomic E-state index is 12.0. The average Bonchev–Trinajstić information content (AvgIpc) is 3.74. The quantitative estimate of drug-likeness (QED) is 0.219. The molecular formula is C29H24ClN3O4. The van der Waals surface area contributed by atoms with E-state index in [0.717, 1.165) is 17.9 Å². The second-order valence-corrected chi connectivity index (χ2v) is 9.39. The highest BCUT2D eigenvalue weighted by Gasteiger charge is 2.26. The van der Waals surface area contributed by atoms with Gasteiger partial charge in [0, 0.05) is 17.3 Å². The maximum Gasteiger partial charge on any atom is 0.339 e. The zero-order chi connectivity index (χ0) is 25.8. The molecule has 1 N–H and O–H groups in total. The Bertz CT molecular complexity index is 1390. The van der Waals surface area contributed by atoms with Crippen LogP contribution in [0.25, 0.3) is 0 Å². The van der Waals surface area contributed by atoms with Gasteiger partial charge in [-0.15, -0.1) is 4.91 Å². The summed E-state index contributed by atoms with van der Waals surface area (Å²) in [6.45, 7) is 0.864. The molecular weight excluding hydrogens is 490 g/mol. The molecule has 37 heavy (non-hydrogen) atoms. The Labute approximate surface area is 219 Å². The number of halogens is 1. The molecule has 3 aromatic carbocycles. The van der Waals surface area contributed by atoms with Crippen LogP contribution < -0.4 is 9.64 Å². The van der Waals surface area contributed by atoms with Crippen molar-refractivity contribution in [3.05, 3.63) is 118 Å².